The third kappa shape index (κ3) is 7.51. The van der Waals surface area contributed by atoms with E-state index in [-0.39, 0.29) is 28.9 Å². The van der Waals surface area contributed by atoms with Gasteiger partial charge in [-0.2, -0.15) is 8.42 Å². The molecule has 29 heavy (non-hydrogen) atoms. The highest BCUT2D eigenvalue weighted by molar-refractivity contribution is 7.87. The molecule has 0 aliphatic carbocycles. The van der Waals surface area contributed by atoms with Gasteiger partial charge in [0.25, 0.3) is 0 Å². The maximum atomic E-state index is 13.0. The van der Waals surface area contributed by atoms with E-state index in [1.54, 1.807) is 17.0 Å². The summed E-state index contributed by atoms with van der Waals surface area (Å²) in [5.41, 5.74) is 0.641. The highest BCUT2D eigenvalue weighted by atomic mass is 32.2. The van der Waals surface area contributed by atoms with Gasteiger partial charge in [-0.25, -0.2) is 0 Å². The Balaban J connectivity index is 2.25. The second kappa shape index (κ2) is 9.80. The number of carbonyl (C=O) groups excluding carboxylic acids is 1. The summed E-state index contributed by atoms with van der Waals surface area (Å²) in [7, 11) is -2.23. The smallest absolute Gasteiger partial charge is 0.309 e. The summed E-state index contributed by atoms with van der Waals surface area (Å²) in [4.78, 5) is 14.7. The molecule has 1 atom stereocenters. The summed E-state index contributed by atoms with van der Waals surface area (Å²) >= 11 is 0. The first-order valence-electron chi connectivity index (χ1n) is 10.0. The first-order chi connectivity index (χ1) is 13.5. The van der Waals surface area contributed by atoms with Gasteiger partial charge in [0.15, 0.2) is 11.5 Å². The Morgan fingerprint density at radius 3 is 2.55 bits per heavy atom. The molecule has 2 rings (SSSR count). The quantitative estimate of drug-likeness (QED) is 0.562. The molecule has 1 aliphatic rings. The minimum atomic E-state index is -3.69. The van der Waals surface area contributed by atoms with Crippen molar-refractivity contribution >= 4 is 16.0 Å². The number of amides is 1. The Morgan fingerprint density at radius 1 is 1.28 bits per heavy atom. The van der Waals surface area contributed by atoms with Crippen molar-refractivity contribution in [3.05, 3.63) is 23.8 Å². The molecule has 0 N–H and O–H groups in total. The van der Waals surface area contributed by atoms with E-state index in [9.17, 15) is 13.2 Å². The molecule has 0 saturated carbocycles. The summed E-state index contributed by atoms with van der Waals surface area (Å²) in [5.74, 6) is 0.368. The van der Waals surface area contributed by atoms with Gasteiger partial charge < -0.3 is 18.6 Å². The highest BCUT2D eigenvalue weighted by Gasteiger charge is 2.26. The minimum absolute atomic E-state index is 0.0355. The van der Waals surface area contributed by atoms with Crippen LogP contribution >= 0.6 is 0 Å². The zero-order valence-electron chi connectivity index (χ0n) is 18.1. The first kappa shape index (κ1) is 23.5. The van der Waals surface area contributed by atoms with Gasteiger partial charge in [-0.3, -0.25) is 4.79 Å². The Morgan fingerprint density at radius 2 is 2.00 bits per heavy atom. The van der Waals surface area contributed by atoms with Crippen molar-refractivity contribution in [3.63, 3.8) is 0 Å². The summed E-state index contributed by atoms with van der Waals surface area (Å²) < 4.78 is 40.0. The van der Waals surface area contributed by atoms with Crippen molar-refractivity contribution in [2.45, 2.75) is 59.6 Å². The van der Waals surface area contributed by atoms with Crippen LogP contribution in [-0.2, 0) is 26.2 Å². The van der Waals surface area contributed by atoms with Crippen molar-refractivity contribution in [2.24, 2.45) is 5.41 Å². The second-order valence-corrected chi connectivity index (χ2v) is 10.4. The number of methoxy groups -OCH3 is 1. The molecule has 0 spiro atoms. The monoisotopic (exact) mass is 427 g/mol. The molecule has 1 heterocycles. The number of carbonyl (C=O) groups is 1. The van der Waals surface area contributed by atoms with E-state index >= 15 is 0 Å². The van der Waals surface area contributed by atoms with Crippen molar-refractivity contribution in [1.82, 2.24) is 4.90 Å². The number of hydrogen-bond acceptors (Lipinski definition) is 6. The topological polar surface area (TPSA) is 82.1 Å². The number of rotatable bonds is 9. The normalized spacial score (nSPS) is 17.2. The van der Waals surface area contributed by atoms with Crippen LogP contribution in [0.1, 0.15) is 52.5 Å². The van der Waals surface area contributed by atoms with E-state index in [1.807, 2.05) is 26.8 Å². The van der Waals surface area contributed by atoms with Gasteiger partial charge in [0.1, 0.15) is 0 Å². The van der Waals surface area contributed by atoms with Crippen LogP contribution in [0.5, 0.6) is 11.5 Å². The number of nitrogens with zero attached hydrogens (tertiary/aromatic N) is 1. The van der Waals surface area contributed by atoms with Crippen molar-refractivity contribution in [3.8, 4) is 11.5 Å². The van der Waals surface area contributed by atoms with Crippen LogP contribution in [0, 0.1) is 5.41 Å². The molecule has 1 aliphatic heterocycles. The third-order valence-electron chi connectivity index (χ3n) is 4.65. The van der Waals surface area contributed by atoms with Gasteiger partial charge in [0.2, 0.25) is 5.91 Å². The summed E-state index contributed by atoms with van der Waals surface area (Å²) in [5, 5.41) is 0. The fraction of sp³-hybridized carbons (Fsp3) is 0.667. The minimum Gasteiger partial charge on any atom is -0.493 e. The standard InChI is InChI=1S/C21H33NO6S/c1-6-29(24,25)28-19-12-16(9-10-18(19)26-5)14-22(15-17-8-7-11-27-17)20(23)13-21(2,3)4/h9-10,12,17H,6-8,11,13-15H2,1-5H3. The Hall–Kier alpha value is -1.80. The molecule has 1 saturated heterocycles. The fourth-order valence-corrected chi connectivity index (χ4v) is 3.68. The molecule has 7 nitrogen and oxygen atoms in total. The van der Waals surface area contributed by atoms with Crippen LogP contribution < -0.4 is 8.92 Å². The summed E-state index contributed by atoms with van der Waals surface area (Å²) in [6.07, 6.45) is 2.39. The second-order valence-electron chi connectivity index (χ2n) is 8.56. The Kier molecular flexibility index (Phi) is 7.94. The zero-order valence-corrected chi connectivity index (χ0v) is 18.9. The average molecular weight is 428 g/mol. The van der Waals surface area contributed by atoms with Crippen molar-refractivity contribution < 1.29 is 26.9 Å². The van der Waals surface area contributed by atoms with E-state index in [0.29, 0.717) is 25.3 Å². The molecular formula is C21H33NO6S. The van der Waals surface area contributed by atoms with Crippen LogP contribution in [0.25, 0.3) is 0 Å². The molecule has 8 heteroatoms. The van der Waals surface area contributed by atoms with Crippen LogP contribution in [0.3, 0.4) is 0 Å². The van der Waals surface area contributed by atoms with Crippen LogP contribution in [0.4, 0.5) is 0 Å². The predicted octanol–water partition coefficient (Wildman–Crippen LogP) is 3.37. The lowest BCUT2D eigenvalue weighted by atomic mass is 9.91. The van der Waals surface area contributed by atoms with E-state index in [1.165, 1.54) is 14.0 Å². The molecular weight excluding hydrogens is 394 g/mol. The van der Waals surface area contributed by atoms with Crippen LogP contribution in [0.15, 0.2) is 18.2 Å². The van der Waals surface area contributed by atoms with Gasteiger partial charge in [-0.15, -0.1) is 0 Å². The fourth-order valence-electron chi connectivity index (χ4n) is 3.15. The summed E-state index contributed by atoms with van der Waals surface area (Å²) in [6.45, 7) is 9.20. The molecule has 0 radical (unpaired) electrons. The Labute approximate surface area is 174 Å². The van der Waals surface area contributed by atoms with E-state index in [0.717, 1.165) is 25.0 Å². The molecule has 164 valence electrons. The lowest BCUT2D eigenvalue weighted by molar-refractivity contribution is -0.135. The maximum Gasteiger partial charge on any atom is 0.309 e. The lowest BCUT2D eigenvalue weighted by Crippen LogP contribution is -2.38. The molecule has 0 bridgehead atoms. The zero-order chi connectivity index (χ0) is 21.7. The van der Waals surface area contributed by atoms with Crippen molar-refractivity contribution in [1.29, 1.82) is 0 Å². The number of benzene rings is 1. The van der Waals surface area contributed by atoms with Gasteiger partial charge in [-0.1, -0.05) is 26.8 Å². The molecule has 1 amide bonds. The van der Waals surface area contributed by atoms with E-state index < -0.39 is 10.1 Å². The molecule has 1 unspecified atom stereocenters. The van der Waals surface area contributed by atoms with Gasteiger partial charge in [-0.05, 0) is 42.9 Å². The Bertz CT molecular complexity index is 794. The van der Waals surface area contributed by atoms with Gasteiger partial charge in [0.05, 0.1) is 19.0 Å². The predicted molar refractivity (Wildman–Crippen MR) is 112 cm³/mol. The number of hydrogen-bond donors (Lipinski definition) is 0. The molecule has 0 aromatic heterocycles. The van der Waals surface area contributed by atoms with Crippen LogP contribution in [-0.4, -0.2) is 51.3 Å². The highest BCUT2D eigenvalue weighted by Crippen LogP contribution is 2.30. The third-order valence-corrected chi connectivity index (χ3v) is 5.79. The number of ether oxygens (including phenoxy) is 2. The van der Waals surface area contributed by atoms with E-state index in [4.69, 9.17) is 13.7 Å². The van der Waals surface area contributed by atoms with Crippen molar-refractivity contribution in [2.75, 3.05) is 26.0 Å². The largest absolute Gasteiger partial charge is 0.493 e. The van der Waals surface area contributed by atoms with Gasteiger partial charge >= 0.3 is 10.1 Å². The van der Waals surface area contributed by atoms with E-state index in [2.05, 4.69) is 0 Å². The van der Waals surface area contributed by atoms with Gasteiger partial charge in [0, 0.05) is 26.1 Å². The lowest BCUT2D eigenvalue weighted by Gasteiger charge is -2.29. The summed E-state index contributed by atoms with van der Waals surface area (Å²) in [6, 6.07) is 5.10. The average Bonchev–Trinajstić information content (AvgIpc) is 3.13. The maximum absolute atomic E-state index is 13.0. The SMILES string of the molecule is CCS(=O)(=O)Oc1cc(CN(CC2CCCO2)C(=O)CC(C)(C)C)ccc1OC. The van der Waals surface area contributed by atoms with Crippen LogP contribution in [0.2, 0.25) is 0 Å². The molecule has 1 aromatic rings. The molecule has 1 fully saturated rings. The molecule has 1 aromatic carbocycles. The first-order valence-corrected chi connectivity index (χ1v) is 11.6.